The van der Waals surface area contributed by atoms with Crippen LogP contribution in [0.3, 0.4) is 0 Å². The quantitative estimate of drug-likeness (QED) is 0.790. The number of nitrogens with zero attached hydrogens (tertiary/aromatic N) is 2. The summed E-state index contributed by atoms with van der Waals surface area (Å²) in [4.78, 5) is 4.99. The first-order chi connectivity index (χ1) is 12.2. The van der Waals surface area contributed by atoms with Crippen LogP contribution in [0.4, 0.5) is 0 Å². The van der Waals surface area contributed by atoms with E-state index in [0.717, 1.165) is 70.2 Å². The van der Waals surface area contributed by atoms with Gasteiger partial charge in [0.1, 0.15) is 11.5 Å². The summed E-state index contributed by atoms with van der Waals surface area (Å²) < 4.78 is 18.1. The summed E-state index contributed by atoms with van der Waals surface area (Å²) in [7, 11) is 0. The molecule has 3 aliphatic rings. The van der Waals surface area contributed by atoms with Crippen molar-refractivity contribution < 1.29 is 13.9 Å². The molecule has 4 heterocycles. The van der Waals surface area contributed by atoms with Gasteiger partial charge in [0, 0.05) is 26.1 Å². The van der Waals surface area contributed by atoms with Crippen molar-refractivity contribution in [3.8, 4) is 0 Å². The Kier molecular flexibility index (Phi) is 5.46. The zero-order chi connectivity index (χ0) is 17.1. The van der Waals surface area contributed by atoms with Crippen LogP contribution >= 0.6 is 0 Å². The Labute approximate surface area is 151 Å². The Hall–Kier alpha value is -0.880. The normalized spacial score (nSPS) is 27.5. The van der Waals surface area contributed by atoms with Crippen molar-refractivity contribution >= 4 is 0 Å². The predicted molar refractivity (Wildman–Crippen MR) is 96.7 cm³/mol. The molecule has 25 heavy (non-hydrogen) atoms. The van der Waals surface area contributed by atoms with Gasteiger partial charge in [-0.2, -0.15) is 0 Å². The van der Waals surface area contributed by atoms with Gasteiger partial charge in [-0.3, -0.25) is 4.90 Å². The third kappa shape index (κ3) is 4.45. The highest BCUT2D eigenvalue weighted by Gasteiger charge is 2.43. The maximum Gasteiger partial charge on any atom is 0.118 e. The number of rotatable bonds is 6. The Morgan fingerprint density at radius 1 is 1.12 bits per heavy atom. The molecule has 3 fully saturated rings. The number of furan rings is 1. The van der Waals surface area contributed by atoms with Crippen LogP contribution < -0.4 is 0 Å². The minimum Gasteiger partial charge on any atom is -0.465 e. The predicted octanol–water partition coefficient (Wildman–Crippen LogP) is 2.82. The van der Waals surface area contributed by atoms with Gasteiger partial charge in [-0.15, -0.1) is 0 Å². The molecule has 1 aromatic heterocycles. The van der Waals surface area contributed by atoms with Crippen LogP contribution in [0.15, 0.2) is 16.5 Å². The number of hydrogen-bond acceptors (Lipinski definition) is 5. The lowest BCUT2D eigenvalue weighted by molar-refractivity contribution is -0.0475. The minimum atomic E-state index is 0.0634. The highest BCUT2D eigenvalue weighted by molar-refractivity contribution is 5.06. The SMILES string of the molecule is Cc1ccc(CN2CCC3(CC2)C[C@@H](OCCN2CCCC2)CO3)o1. The van der Waals surface area contributed by atoms with Crippen molar-refractivity contribution in [1.29, 1.82) is 0 Å². The van der Waals surface area contributed by atoms with Gasteiger partial charge < -0.3 is 18.8 Å². The molecule has 1 aromatic rings. The fourth-order valence-corrected chi connectivity index (χ4v) is 4.52. The molecule has 0 bridgehead atoms. The number of aryl methyl sites for hydroxylation is 1. The molecular formula is C20H32N2O3. The van der Waals surface area contributed by atoms with E-state index in [4.69, 9.17) is 13.9 Å². The highest BCUT2D eigenvalue weighted by atomic mass is 16.6. The average Bonchev–Trinajstić information content (AvgIpc) is 3.34. The van der Waals surface area contributed by atoms with Gasteiger partial charge in [-0.05, 0) is 57.8 Å². The van der Waals surface area contributed by atoms with Crippen LogP contribution in [0.5, 0.6) is 0 Å². The highest BCUT2D eigenvalue weighted by Crippen LogP contribution is 2.37. The van der Waals surface area contributed by atoms with E-state index in [1.54, 1.807) is 0 Å². The summed E-state index contributed by atoms with van der Waals surface area (Å²) in [6.45, 7) is 10.3. The van der Waals surface area contributed by atoms with Gasteiger partial charge in [-0.1, -0.05) is 0 Å². The fraction of sp³-hybridized carbons (Fsp3) is 0.800. The molecule has 0 saturated carbocycles. The average molecular weight is 348 g/mol. The zero-order valence-corrected chi connectivity index (χ0v) is 15.5. The van der Waals surface area contributed by atoms with Crippen LogP contribution in [0.2, 0.25) is 0 Å². The molecule has 0 aliphatic carbocycles. The van der Waals surface area contributed by atoms with Gasteiger partial charge in [0.05, 0.1) is 31.5 Å². The van der Waals surface area contributed by atoms with Crippen LogP contribution in [-0.4, -0.2) is 67.4 Å². The Balaban J connectivity index is 1.18. The van der Waals surface area contributed by atoms with Crippen molar-refractivity contribution in [2.45, 2.75) is 57.3 Å². The summed E-state index contributed by atoms with van der Waals surface area (Å²) >= 11 is 0. The van der Waals surface area contributed by atoms with E-state index in [1.807, 2.05) is 13.0 Å². The third-order valence-electron chi connectivity index (χ3n) is 6.08. The van der Waals surface area contributed by atoms with Gasteiger partial charge >= 0.3 is 0 Å². The second-order valence-electron chi connectivity index (χ2n) is 8.03. The number of ether oxygens (including phenoxy) is 2. The molecule has 3 aliphatic heterocycles. The second kappa shape index (κ2) is 7.78. The van der Waals surface area contributed by atoms with E-state index in [-0.39, 0.29) is 5.60 Å². The summed E-state index contributed by atoms with van der Waals surface area (Å²) in [5, 5.41) is 0. The van der Waals surface area contributed by atoms with Crippen molar-refractivity contribution in [3.63, 3.8) is 0 Å². The molecule has 0 N–H and O–H groups in total. The van der Waals surface area contributed by atoms with Crippen LogP contribution in [0, 0.1) is 6.92 Å². The van der Waals surface area contributed by atoms with Crippen molar-refractivity contribution in [3.05, 3.63) is 23.7 Å². The number of likely N-dealkylation sites (tertiary alicyclic amines) is 2. The molecule has 0 aromatic carbocycles. The molecule has 4 rings (SSSR count). The molecule has 5 heteroatoms. The maximum atomic E-state index is 6.23. The lowest BCUT2D eigenvalue weighted by Crippen LogP contribution is -2.43. The summed E-state index contributed by atoms with van der Waals surface area (Å²) in [6, 6.07) is 4.14. The van der Waals surface area contributed by atoms with E-state index in [2.05, 4.69) is 15.9 Å². The summed E-state index contributed by atoms with van der Waals surface area (Å²) in [5.74, 6) is 2.07. The minimum absolute atomic E-state index is 0.0634. The summed E-state index contributed by atoms with van der Waals surface area (Å²) in [6.07, 6.45) is 6.28. The molecule has 0 unspecified atom stereocenters. The van der Waals surface area contributed by atoms with Crippen molar-refractivity contribution in [2.75, 3.05) is 45.9 Å². The van der Waals surface area contributed by atoms with Gasteiger partial charge in [0.15, 0.2) is 0 Å². The van der Waals surface area contributed by atoms with Gasteiger partial charge in [0.2, 0.25) is 0 Å². The van der Waals surface area contributed by atoms with E-state index < -0.39 is 0 Å². The molecular weight excluding hydrogens is 316 g/mol. The Bertz CT molecular complexity index is 545. The van der Waals surface area contributed by atoms with E-state index in [1.165, 1.54) is 25.9 Å². The van der Waals surface area contributed by atoms with E-state index in [0.29, 0.717) is 6.10 Å². The number of hydrogen-bond donors (Lipinski definition) is 0. The van der Waals surface area contributed by atoms with E-state index in [9.17, 15) is 0 Å². The van der Waals surface area contributed by atoms with Crippen LogP contribution in [0.25, 0.3) is 0 Å². The monoisotopic (exact) mass is 348 g/mol. The van der Waals surface area contributed by atoms with Crippen molar-refractivity contribution in [1.82, 2.24) is 9.80 Å². The zero-order valence-electron chi connectivity index (χ0n) is 15.5. The molecule has 3 saturated heterocycles. The molecule has 5 nitrogen and oxygen atoms in total. The van der Waals surface area contributed by atoms with Gasteiger partial charge in [0.25, 0.3) is 0 Å². The largest absolute Gasteiger partial charge is 0.465 e. The molecule has 1 spiro atoms. The Morgan fingerprint density at radius 2 is 1.92 bits per heavy atom. The smallest absolute Gasteiger partial charge is 0.118 e. The van der Waals surface area contributed by atoms with Crippen molar-refractivity contribution in [2.24, 2.45) is 0 Å². The topological polar surface area (TPSA) is 38.1 Å². The lowest BCUT2D eigenvalue weighted by atomic mass is 9.88. The summed E-state index contributed by atoms with van der Waals surface area (Å²) in [5.41, 5.74) is 0.0634. The number of piperidine rings is 1. The molecule has 140 valence electrons. The first-order valence-corrected chi connectivity index (χ1v) is 9.96. The molecule has 0 amide bonds. The second-order valence-corrected chi connectivity index (χ2v) is 8.03. The molecule has 1 atom stereocenters. The lowest BCUT2D eigenvalue weighted by Gasteiger charge is -2.38. The standard InChI is InChI=1S/C20H32N2O3/c1-17-4-5-18(25-17)15-22-10-6-20(7-11-22)14-19(16-24-20)23-13-12-21-8-2-3-9-21/h4-5,19H,2-3,6-16H2,1H3/t19-/m1/s1. The maximum absolute atomic E-state index is 6.23. The first-order valence-electron chi connectivity index (χ1n) is 9.96. The van der Waals surface area contributed by atoms with Gasteiger partial charge in [-0.25, -0.2) is 0 Å². The van der Waals surface area contributed by atoms with Crippen LogP contribution in [-0.2, 0) is 16.0 Å². The fourth-order valence-electron chi connectivity index (χ4n) is 4.52. The Morgan fingerprint density at radius 3 is 2.64 bits per heavy atom. The van der Waals surface area contributed by atoms with Crippen LogP contribution in [0.1, 0.15) is 43.6 Å². The first kappa shape index (κ1) is 17.5. The molecule has 0 radical (unpaired) electrons. The third-order valence-corrected chi connectivity index (χ3v) is 6.08. The van der Waals surface area contributed by atoms with E-state index >= 15 is 0 Å².